The number of carbonyl (C=O) groups is 1. The molecule has 0 aromatic carbocycles. The van der Waals surface area contributed by atoms with Crippen molar-refractivity contribution in [3.8, 4) is 0 Å². The molecule has 168 valence electrons. The van der Waals surface area contributed by atoms with Gasteiger partial charge in [-0.15, -0.1) is 0 Å². The minimum absolute atomic E-state index is 0.247. The van der Waals surface area contributed by atoms with Gasteiger partial charge in [-0.2, -0.15) is 9.97 Å². The number of piperazine rings is 1. The van der Waals surface area contributed by atoms with Gasteiger partial charge in [-0.25, -0.2) is 9.78 Å². The van der Waals surface area contributed by atoms with Crippen LogP contribution in [0.25, 0.3) is 0 Å². The highest BCUT2D eigenvalue weighted by molar-refractivity contribution is 7.17. The molecule has 2 aliphatic rings. The number of carbonyl (C=O) groups excluding carboxylic acids is 1. The molecular weight excluding hydrogens is 418 g/mol. The van der Waals surface area contributed by atoms with E-state index < -0.39 is 0 Å². The monoisotopic (exact) mass is 447 g/mol. The molecule has 0 spiro atoms. The maximum atomic E-state index is 12.1. The fourth-order valence-electron chi connectivity index (χ4n) is 3.72. The van der Waals surface area contributed by atoms with Gasteiger partial charge in [0.1, 0.15) is 16.5 Å². The molecule has 11 heteroatoms. The molecule has 0 amide bonds. The molecule has 3 N–H and O–H groups in total. The van der Waals surface area contributed by atoms with Crippen LogP contribution in [0.5, 0.6) is 0 Å². The number of aliphatic hydroxyl groups excluding tert-OH is 1. The van der Waals surface area contributed by atoms with Crippen LogP contribution in [0.1, 0.15) is 35.1 Å². The summed E-state index contributed by atoms with van der Waals surface area (Å²) in [6.45, 7) is 8.96. The Hall–Kier alpha value is -2.50. The molecule has 2 aromatic heterocycles. The van der Waals surface area contributed by atoms with Crippen LogP contribution >= 0.6 is 11.3 Å². The molecule has 2 aliphatic heterocycles. The highest BCUT2D eigenvalue weighted by Gasteiger charge is 2.22. The van der Waals surface area contributed by atoms with Crippen molar-refractivity contribution >= 4 is 40.0 Å². The molecule has 0 unspecified atom stereocenters. The summed E-state index contributed by atoms with van der Waals surface area (Å²) in [6.07, 6.45) is 1.21. The summed E-state index contributed by atoms with van der Waals surface area (Å²) >= 11 is 1.24. The predicted octanol–water partition coefficient (Wildman–Crippen LogP) is 1.53. The van der Waals surface area contributed by atoms with E-state index in [1.165, 1.54) is 11.3 Å². The number of aryl methyl sites for hydroxylation is 1. The lowest BCUT2D eigenvalue weighted by Gasteiger charge is -2.32. The topological polar surface area (TPSA) is 116 Å². The van der Waals surface area contributed by atoms with Crippen molar-refractivity contribution in [3.63, 3.8) is 0 Å². The Morgan fingerprint density at radius 2 is 1.84 bits per heavy atom. The summed E-state index contributed by atoms with van der Waals surface area (Å²) in [4.78, 5) is 30.9. The summed E-state index contributed by atoms with van der Waals surface area (Å²) in [5.74, 6) is 1.77. The first-order valence-electron chi connectivity index (χ1n) is 10.7. The zero-order valence-electron chi connectivity index (χ0n) is 17.9. The Bertz CT molecular complexity index is 908. The Morgan fingerprint density at radius 3 is 2.48 bits per heavy atom. The number of esters is 1. The number of aliphatic hydroxyl groups is 1. The number of nitrogens with one attached hydrogen (secondary N) is 2. The maximum Gasteiger partial charge on any atom is 0.350 e. The van der Waals surface area contributed by atoms with Gasteiger partial charge >= 0.3 is 5.97 Å². The molecule has 0 saturated carbocycles. The molecule has 4 rings (SSSR count). The number of nitrogens with zero attached hydrogens (tertiary/aromatic N) is 5. The molecule has 4 heterocycles. The van der Waals surface area contributed by atoms with E-state index in [4.69, 9.17) is 14.7 Å². The van der Waals surface area contributed by atoms with Crippen LogP contribution in [0.2, 0.25) is 0 Å². The van der Waals surface area contributed by atoms with Gasteiger partial charge in [-0.1, -0.05) is 11.3 Å². The van der Waals surface area contributed by atoms with Gasteiger partial charge in [0.2, 0.25) is 5.95 Å². The largest absolute Gasteiger partial charge is 0.462 e. The van der Waals surface area contributed by atoms with E-state index >= 15 is 0 Å². The van der Waals surface area contributed by atoms with E-state index in [1.54, 1.807) is 13.8 Å². The molecule has 10 nitrogen and oxygen atoms in total. The SMILES string of the molecule is CCOC(=O)c1sc(Nc2nc(N3CCNCC3)cc(N3CCC(O)CC3)n2)nc1C. The zero-order valence-corrected chi connectivity index (χ0v) is 18.7. The lowest BCUT2D eigenvalue weighted by Crippen LogP contribution is -2.44. The summed E-state index contributed by atoms with van der Waals surface area (Å²) in [5, 5.41) is 17.0. The van der Waals surface area contributed by atoms with Crippen molar-refractivity contribution in [2.75, 3.05) is 61.0 Å². The van der Waals surface area contributed by atoms with Crippen LogP contribution < -0.4 is 20.4 Å². The van der Waals surface area contributed by atoms with Crippen molar-refractivity contribution < 1.29 is 14.6 Å². The lowest BCUT2D eigenvalue weighted by atomic mass is 10.1. The van der Waals surface area contributed by atoms with Gasteiger partial charge in [-0.3, -0.25) is 5.32 Å². The second-order valence-corrected chi connectivity index (χ2v) is 8.64. The Morgan fingerprint density at radius 1 is 1.19 bits per heavy atom. The number of piperidine rings is 1. The molecule has 2 fully saturated rings. The van der Waals surface area contributed by atoms with Gasteiger partial charge in [0.15, 0.2) is 5.13 Å². The highest BCUT2D eigenvalue weighted by Crippen LogP contribution is 2.29. The second kappa shape index (κ2) is 9.75. The third-order valence-electron chi connectivity index (χ3n) is 5.40. The highest BCUT2D eigenvalue weighted by atomic mass is 32.1. The average Bonchev–Trinajstić information content (AvgIpc) is 3.15. The van der Waals surface area contributed by atoms with Crippen molar-refractivity contribution in [1.29, 1.82) is 0 Å². The summed E-state index contributed by atoms with van der Waals surface area (Å²) in [6, 6.07) is 2.02. The molecule has 0 radical (unpaired) electrons. The molecular formula is C20H29N7O3S. The van der Waals surface area contributed by atoms with Crippen LogP contribution in [-0.4, -0.2) is 78.0 Å². The molecule has 0 atom stereocenters. The average molecular weight is 448 g/mol. The fraction of sp³-hybridized carbons (Fsp3) is 0.600. The number of rotatable bonds is 6. The van der Waals surface area contributed by atoms with Crippen LogP contribution in [-0.2, 0) is 4.74 Å². The van der Waals surface area contributed by atoms with E-state index in [0.29, 0.717) is 28.3 Å². The first-order valence-corrected chi connectivity index (χ1v) is 11.5. The van der Waals surface area contributed by atoms with E-state index in [2.05, 4.69) is 25.4 Å². The van der Waals surface area contributed by atoms with Crippen LogP contribution in [0.15, 0.2) is 6.07 Å². The second-order valence-electron chi connectivity index (χ2n) is 7.64. The summed E-state index contributed by atoms with van der Waals surface area (Å²) in [5.41, 5.74) is 0.620. The van der Waals surface area contributed by atoms with Crippen molar-refractivity contribution in [2.45, 2.75) is 32.8 Å². The third-order valence-corrected chi connectivity index (χ3v) is 6.46. The van der Waals surface area contributed by atoms with Crippen LogP contribution in [0, 0.1) is 6.92 Å². The maximum absolute atomic E-state index is 12.1. The van der Waals surface area contributed by atoms with E-state index in [1.807, 2.05) is 6.07 Å². The first kappa shape index (κ1) is 21.7. The van der Waals surface area contributed by atoms with E-state index in [9.17, 15) is 9.90 Å². The normalized spacial score (nSPS) is 17.6. The number of thiazole rings is 1. The summed E-state index contributed by atoms with van der Waals surface area (Å²) < 4.78 is 5.11. The Kier molecular flexibility index (Phi) is 6.83. The van der Waals surface area contributed by atoms with Gasteiger partial charge < -0.3 is 25.0 Å². The minimum atomic E-state index is -0.367. The zero-order chi connectivity index (χ0) is 21.8. The molecule has 2 aromatic rings. The lowest BCUT2D eigenvalue weighted by molar-refractivity contribution is 0.0531. The molecule has 31 heavy (non-hydrogen) atoms. The number of anilines is 4. The van der Waals surface area contributed by atoms with E-state index in [-0.39, 0.29) is 12.1 Å². The first-order chi connectivity index (χ1) is 15.0. The summed E-state index contributed by atoms with van der Waals surface area (Å²) in [7, 11) is 0. The Balaban J connectivity index is 1.60. The van der Waals surface area contributed by atoms with Gasteiger partial charge in [0, 0.05) is 45.3 Å². The minimum Gasteiger partial charge on any atom is -0.462 e. The van der Waals surface area contributed by atoms with Crippen LogP contribution in [0.4, 0.5) is 22.7 Å². The number of aromatic nitrogens is 3. The fourth-order valence-corrected chi connectivity index (χ4v) is 4.58. The predicted molar refractivity (Wildman–Crippen MR) is 121 cm³/mol. The van der Waals surface area contributed by atoms with Crippen LogP contribution in [0.3, 0.4) is 0 Å². The molecule has 0 bridgehead atoms. The van der Waals surface area contributed by atoms with Crippen molar-refractivity contribution in [2.24, 2.45) is 0 Å². The molecule has 0 aliphatic carbocycles. The van der Waals surface area contributed by atoms with Gasteiger partial charge in [-0.05, 0) is 26.7 Å². The quantitative estimate of drug-likeness (QED) is 0.563. The Labute approximate surface area is 185 Å². The van der Waals surface area contributed by atoms with Crippen molar-refractivity contribution in [3.05, 3.63) is 16.6 Å². The number of ether oxygens (including phenoxy) is 1. The number of hydrogen-bond acceptors (Lipinski definition) is 11. The number of hydrogen-bond donors (Lipinski definition) is 3. The van der Waals surface area contributed by atoms with Crippen molar-refractivity contribution in [1.82, 2.24) is 20.3 Å². The van der Waals surface area contributed by atoms with Gasteiger partial charge in [0.25, 0.3) is 0 Å². The molecule has 2 saturated heterocycles. The van der Waals surface area contributed by atoms with E-state index in [0.717, 1.165) is 63.7 Å². The van der Waals surface area contributed by atoms with Gasteiger partial charge in [0.05, 0.1) is 18.4 Å². The standard InChI is InChI=1S/C20H29N7O3S/c1-3-30-18(29)17-13(2)22-20(31-17)25-19-23-15(26-8-4-14(28)5-9-26)12-16(24-19)27-10-6-21-7-11-27/h12,14,21,28H,3-11H2,1-2H3,(H,22,23,24,25). The third kappa shape index (κ3) is 5.23. The smallest absolute Gasteiger partial charge is 0.350 e.